The van der Waals surface area contributed by atoms with E-state index in [1.807, 2.05) is 14.1 Å². The number of likely N-dealkylation sites (N-methyl/N-ethyl adjacent to an activating group) is 1. The fourth-order valence-electron chi connectivity index (χ4n) is 7.25. The summed E-state index contributed by atoms with van der Waals surface area (Å²) in [6.45, 7) is 6.29. The number of rotatable bonds is 4. The Bertz CT molecular complexity index is 750. The van der Waals surface area contributed by atoms with Gasteiger partial charge in [-0.3, -0.25) is 0 Å². The fourth-order valence-corrected chi connectivity index (χ4v) is 7.25. The molecule has 3 fully saturated rings. The fraction of sp³-hybridized carbons (Fsp3) is 0.800. The molecular weight excluding hydrogens is 360 g/mol. The number of hydrogen-bond donors (Lipinski definition) is 1. The molecule has 29 heavy (non-hydrogen) atoms. The Hall–Kier alpha value is -1.31. The minimum Gasteiger partial charge on any atom is -0.394 e. The van der Waals surface area contributed by atoms with Crippen molar-refractivity contribution in [1.82, 2.24) is 4.90 Å². The molecule has 160 valence electrons. The second kappa shape index (κ2) is 7.43. The minimum absolute atomic E-state index is 0.109. The molecule has 0 spiro atoms. The molecule has 0 aromatic carbocycles. The summed E-state index contributed by atoms with van der Waals surface area (Å²) >= 11 is 0. The molecule has 6 unspecified atom stereocenters. The number of fused-ring (bicyclic) bond motifs is 5. The van der Waals surface area contributed by atoms with E-state index in [1.54, 1.807) is 5.57 Å². The molecule has 0 bridgehead atoms. The van der Waals surface area contributed by atoms with E-state index in [1.165, 1.54) is 19.3 Å². The molecule has 4 rings (SSSR count). The standard InChI is InChI=1S/C25H38N2O2/c1-6-25(28)14-11-22-20-8-7-18-17-19(26-29-16-15-27(4)5)9-12-23(18,2)21(20)10-13-24(22,25)3/h1,17,20-22,28H,7-16H2,2-5H3/b26-19-. The van der Waals surface area contributed by atoms with Crippen LogP contribution < -0.4 is 0 Å². The van der Waals surface area contributed by atoms with Crippen molar-refractivity contribution < 1.29 is 9.94 Å². The van der Waals surface area contributed by atoms with Gasteiger partial charge in [-0.25, -0.2) is 0 Å². The van der Waals surface area contributed by atoms with Crippen molar-refractivity contribution >= 4 is 5.71 Å². The van der Waals surface area contributed by atoms with E-state index in [0.29, 0.717) is 24.4 Å². The highest BCUT2D eigenvalue weighted by atomic mass is 16.6. The highest BCUT2D eigenvalue weighted by Crippen LogP contribution is 2.67. The van der Waals surface area contributed by atoms with Gasteiger partial charge >= 0.3 is 0 Å². The Kier molecular flexibility index (Phi) is 5.37. The summed E-state index contributed by atoms with van der Waals surface area (Å²) in [6.07, 6.45) is 16.8. The lowest BCUT2D eigenvalue weighted by Crippen LogP contribution is -2.54. The summed E-state index contributed by atoms with van der Waals surface area (Å²) < 4.78 is 0. The zero-order valence-corrected chi connectivity index (χ0v) is 18.7. The molecule has 6 atom stereocenters. The third kappa shape index (κ3) is 3.26. The molecule has 0 heterocycles. The zero-order valence-electron chi connectivity index (χ0n) is 18.7. The van der Waals surface area contributed by atoms with Gasteiger partial charge in [-0.1, -0.05) is 30.5 Å². The predicted octanol–water partition coefficient (Wildman–Crippen LogP) is 4.25. The van der Waals surface area contributed by atoms with Gasteiger partial charge in [-0.05, 0) is 94.7 Å². The van der Waals surface area contributed by atoms with Gasteiger partial charge in [0.1, 0.15) is 12.2 Å². The van der Waals surface area contributed by atoms with E-state index in [4.69, 9.17) is 11.3 Å². The molecular formula is C25H38N2O2. The van der Waals surface area contributed by atoms with Crippen LogP contribution in [0.3, 0.4) is 0 Å². The smallest absolute Gasteiger partial charge is 0.130 e. The van der Waals surface area contributed by atoms with Crippen LogP contribution in [0.2, 0.25) is 0 Å². The van der Waals surface area contributed by atoms with Gasteiger partial charge in [0.05, 0.1) is 5.71 Å². The van der Waals surface area contributed by atoms with Gasteiger partial charge in [0.15, 0.2) is 0 Å². The molecule has 4 heteroatoms. The van der Waals surface area contributed by atoms with Crippen LogP contribution in [-0.4, -0.2) is 48.6 Å². The van der Waals surface area contributed by atoms with Crippen molar-refractivity contribution in [3.8, 4) is 12.3 Å². The van der Waals surface area contributed by atoms with E-state index in [9.17, 15) is 5.11 Å². The Morgan fingerprint density at radius 3 is 2.66 bits per heavy atom. The Morgan fingerprint density at radius 2 is 1.93 bits per heavy atom. The molecule has 0 saturated heterocycles. The number of nitrogens with zero attached hydrogens (tertiary/aromatic N) is 2. The van der Waals surface area contributed by atoms with Crippen LogP contribution in [0.5, 0.6) is 0 Å². The second-order valence-corrected chi connectivity index (χ2v) is 10.7. The summed E-state index contributed by atoms with van der Waals surface area (Å²) in [4.78, 5) is 7.67. The van der Waals surface area contributed by atoms with Gasteiger partial charge < -0.3 is 14.8 Å². The third-order valence-electron chi connectivity index (χ3n) is 9.18. The van der Waals surface area contributed by atoms with Crippen molar-refractivity contribution in [2.24, 2.45) is 33.7 Å². The van der Waals surface area contributed by atoms with E-state index < -0.39 is 5.60 Å². The monoisotopic (exact) mass is 398 g/mol. The summed E-state index contributed by atoms with van der Waals surface area (Å²) in [5.41, 5.74) is 1.94. The number of hydrogen-bond acceptors (Lipinski definition) is 4. The second-order valence-electron chi connectivity index (χ2n) is 10.7. The highest BCUT2D eigenvalue weighted by Gasteiger charge is 2.63. The first-order valence-electron chi connectivity index (χ1n) is 11.5. The average Bonchev–Trinajstić information content (AvgIpc) is 2.97. The quantitative estimate of drug-likeness (QED) is 0.437. The van der Waals surface area contributed by atoms with Gasteiger partial charge in [-0.2, -0.15) is 0 Å². The Morgan fingerprint density at radius 1 is 1.17 bits per heavy atom. The van der Waals surface area contributed by atoms with Crippen LogP contribution in [-0.2, 0) is 4.84 Å². The number of terminal acetylenes is 1. The van der Waals surface area contributed by atoms with Crippen molar-refractivity contribution in [3.05, 3.63) is 11.6 Å². The van der Waals surface area contributed by atoms with Crippen molar-refractivity contribution in [2.45, 2.75) is 70.8 Å². The molecule has 4 nitrogen and oxygen atoms in total. The lowest BCUT2D eigenvalue weighted by Gasteiger charge is -2.58. The topological polar surface area (TPSA) is 45.1 Å². The molecule has 4 aliphatic carbocycles. The first-order chi connectivity index (χ1) is 13.7. The Labute approximate surface area is 176 Å². The van der Waals surface area contributed by atoms with E-state index >= 15 is 0 Å². The maximum atomic E-state index is 11.1. The molecule has 0 radical (unpaired) electrons. The maximum Gasteiger partial charge on any atom is 0.130 e. The molecule has 0 aliphatic heterocycles. The highest BCUT2D eigenvalue weighted by molar-refractivity contribution is 5.96. The van der Waals surface area contributed by atoms with E-state index in [-0.39, 0.29) is 10.8 Å². The van der Waals surface area contributed by atoms with Crippen LogP contribution in [0.4, 0.5) is 0 Å². The molecule has 0 amide bonds. The van der Waals surface area contributed by atoms with Gasteiger partial charge in [0.25, 0.3) is 0 Å². The van der Waals surface area contributed by atoms with Crippen LogP contribution in [0.15, 0.2) is 16.8 Å². The van der Waals surface area contributed by atoms with E-state index in [0.717, 1.165) is 44.4 Å². The first-order valence-corrected chi connectivity index (χ1v) is 11.5. The Balaban J connectivity index is 1.51. The van der Waals surface area contributed by atoms with Crippen LogP contribution in [0.25, 0.3) is 0 Å². The third-order valence-corrected chi connectivity index (χ3v) is 9.18. The number of aliphatic hydroxyl groups is 1. The van der Waals surface area contributed by atoms with Crippen LogP contribution >= 0.6 is 0 Å². The summed E-state index contributed by atoms with van der Waals surface area (Å²) in [6, 6.07) is 0. The van der Waals surface area contributed by atoms with Crippen molar-refractivity contribution in [3.63, 3.8) is 0 Å². The number of oxime groups is 1. The maximum absolute atomic E-state index is 11.1. The van der Waals surface area contributed by atoms with Gasteiger partial charge in [0.2, 0.25) is 0 Å². The van der Waals surface area contributed by atoms with Crippen LogP contribution in [0.1, 0.15) is 65.2 Å². The number of allylic oxidation sites excluding steroid dienone is 2. The lowest BCUT2D eigenvalue weighted by molar-refractivity contribution is -0.0987. The summed E-state index contributed by atoms with van der Waals surface area (Å²) in [5, 5.41) is 15.6. The lowest BCUT2D eigenvalue weighted by atomic mass is 9.46. The molecule has 4 aliphatic rings. The SMILES string of the molecule is C#CC1(O)CCC2C3CCC4=C/C(=N\OCCN(C)C)CCC4(C)C3CCC21C. The van der Waals surface area contributed by atoms with Crippen LogP contribution in [0, 0.1) is 40.9 Å². The minimum atomic E-state index is -0.907. The van der Waals surface area contributed by atoms with Crippen molar-refractivity contribution in [1.29, 1.82) is 0 Å². The molecule has 3 saturated carbocycles. The first kappa shape index (κ1) is 20.9. The average molecular weight is 399 g/mol. The largest absolute Gasteiger partial charge is 0.394 e. The molecule has 0 aromatic rings. The molecule has 1 N–H and O–H groups in total. The van der Waals surface area contributed by atoms with Crippen molar-refractivity contribution in [2.75, 3.05) is 27.2 Å². The normalized spacial score (nSPS) is 45.2. The molecule has 0 aromatic heterocycles. The summed E-state index contributed by atoms with van der Waals surface area (Å²) in [5.74, 6) is 4.74. The van der Waals surface area contributed by atoms with E-state index in [2.05, 4.69) is 35.9 Å². The zero-order chi connectivity index (χ0) is 20.9. The van der Waals surface area contributed by atoms with Gasteiger partial charge in [-0.15, -0.1) is 6.42 Å². The predicted molar refractivity (Wildman–Crippen MR) is 117 cm³/mol. The summed E-state index contributed by atoms with van der Waals surface area (Å²) in [7, 11) is 4.10. The van der Waals surface area contributed by atoms with Gasteiger partial charge in [0, 0.05) is 12.0 Å².